The minimum atomic E-state index is -4.50. The van der Waals surface area contributed by atoms with E-state index < -0.39 is 24.4 Å². The van der Waals surface area contributed by atoms with Crippen LogP contribution in [0.25, 0.3) is 0 Å². The number of alkyl halides is 4. The maximum absolute atomic E-state index is 13.1. The van der Waals surface area contributed by atoms with E-state index >= 15 is 0 Å². The molecule has 0 spiro atoms. The lowest BCUT2D eigenvalue weighted by atomic mass is 10.2. The monoisotopic (exact) mass is 405 g/mol. The Morgan fingerprint density at radius 3 is 2.47 bits per heavy atom. The van der Waals surface area contributed by atoms with E-state index in [0.29, 0.717) is 4.90 Å². The number of benzene rings is 1. The normalized spacial score (nSPS) is 11.5. The Balaban J connectivity index is 3.02. The zero-order valence-corrected chi connectivity index (χ0v) is 12.6. The fraction of sp³-hybridized carbons (Fsp3) is 0.364. The molecule has 0 atom stereocenters. The van der Waals surface area contributed by atoms with Crippen LogP contribution < -0.4 is 0 Å². The molecule has 19 heavy (non-hydrogen) atoms. The zero-order valence-electron chi connectivity index (χ0n) is 9.48. The largest absolute Gasteiger partial charge is 0.406 e. The molecule has 2 nitrogen and oxygen atoms in total. The zero-order chi connectivity index (χ0) is 14.6. The van der Waals surface area contributed by atoms with Gasteiger partial charge in [-0.05, 0) is 34.1 Å². The molecule has 1 amide bonds. The molecule has 1 aromatic rings. The van der Waals surface area contributed by atoms with E-state index in [4.69, 9.17) is 0 Å². The third-order valence-corrected chi connectivity index (χ3v) is 3.22. The smallest absolute Gasteiger partial charge is 0.329 e. The molecule has 0 aliphatic rings. The van der Waals surface area contributed by atoms with E-state index in [1.165, 1.54) is 6.07 Å². The van der Waals surface area contributed by atoms with Crippen LogP contribution >= 0.6 is 31.9 Å². The van der Waals surface area contributed by atoms with Crippen molar-refractivity contribution < 1.29 is 22.4 Å². The lowest BCUT2D eigenvalue weighted by molar-refractivity contribution is -0.140. The standard InChI is InChI=1S/C11H9Br2F4NO/c12-3-4-18(6-11(15,16)17)10(19)8-5-7(14)1-2-9(8)13/h1-2,5H,3-4,6H2. The van der Waals surface area contributed by atoms with Gasteiger partial charge in [0.1, 0.15) is 12.4 Å². The van der Waals surface area contributed by atoms with Crippen LogP contribution in [0.1, 0.15) is 10.4 Å². The predicted octanol–water partition coefficient (Wildman–Crippen LogP) is 3.99. The third kappa shape index (κ3) is 5.10. The van der Waals surface area contributed by atoms with E-state index in [-0.39, 0.29) is 21.9 Å². The highest BCUT2D eigenvalue weighted by molar-refractivity contribution is 9.10. The van der Waals surface area contributed by atoms with Crippen LogP contribution in [-0.4, -0.2) is 35.4 Å². The molecule has 1 aromatic carbocycles. The van der Waals surface area contributed by atoms with E-state index in [1.807, 2.05) is 0 Å². The number of nitrogens with zero attached hydrogens (tertiary/aromatic N) is 1. The van der Waals surface area contributed by atoms with Crippen molar-refractivity contribution >= 4 is 37.8 Å². The number of hydrogen-bond acceptors (Lipinski definition) is 1. The van der Waals surface area contributed by atoms with Gasteiger partial charge in [0.25, 0.3) is 5.91 Å². The summed E-state index contributed by atoms with van der Waals surface area (Å²) in [7, 11) is 0. The summed E-state index contributed by atoms with van der Waals surface area (Å²) in [5.41, 5.74) is -0.134. The van der Waals surface area contributed by atoms with E-state index in [2.05, 4.69) is 31.9 Å². The topological polar surface area (TPSA) is 20.3 Å². The number of carbonyl (C=O) groups excluding carboxylic acids is 1. The second-order valence-electron chi connectivity index (χ2n) is 3.66. The molecule has 0 N–H and O–H groups in total. The lowest BCUT2D eigenvalue weighted by Crippen LogP contribution is -2.40. The maximum Gasteiger partial charge on any atom is 0.406 e. The molecular weight excluding hydrogens is 398 g/mol. The SMILES string of the molecule is O=C(c1cc(F)ccc1Br)N(CCBr)CC(F)(F)F. The highest BCUT2D eigenvalue weighted by Crippen LogP contribution is 2.22. The van der Waals surface area contributed by atoms with Crippen molar-refractivity contribution in [2.75, 3.05) is 18.4 Å². The Bertz CT molecular complexity index is 464. The van der Waals surface area contributed by atoms with Crippen LogP contribution in [0.3, 0.4) is 0 Å². The molecule has 0 radical (unpaired) electrons. The fourth-order valence-electron chi connectivity index (χ4n) is 1.40. The van der Waals surface area contributed by atoms with Crippen molar-refractivity contribution in [3.8, 4) is 0 Å². The minimum Gasteiger partial charge on any atom is -0.329 e. The van der Waals surface area contributed by atoms with Crippen LogP contribution in [0.4, 0.5) is 17.6 Å². The first-order valence-electron chi connectivity index (χ1n) is 5.11. The second-order valence-corrected chi connectivity index (χ2v) is 5.30. The molecule has 0 saturated heterocycles. The summed E-state index contributed by atoms with van der Waals surface area (Å²) in [6, 6.07) is 3.30. The predicted molar refractivity (Wildman–Crippen MR) is 69.9 cm³/mol. The van der Waals surface area contributed by atoms with Gasteiger partial charge in [0, 0.05) is 16.3 Å². The number of rotatable bonds is 4. The van der Waals surface area contributed by atoms with Gasteiger partial charge in [0.2, 0.25) is 0 Å². The molecule has 0 aliphatic carbocycles. The quantitative estimate of drug-likeness (QED) is 0.547. The summed E-state index contributed by atoms with van der Waals surface area (Å²) in [5, 5.41) is 0.196. The summed E-state index contributed by atoms with van der Waals surface area (Å²) >= 11 is 6.01. The molecule has 0 aliphatic heterocycles. The van der Waals surface area contributed by atoms with Crippen LogP contribution in [0.2, 0.25) is 0 Å². The Morgan fingerprint density at radius 1 is 1.32 bits per heavy atom. The number of carbonyl (C=O) groups is 1. The molecule has 0 aromatic heterocycles. The second kappa shape index (κ2) is 6.69. The van der Waals surface area contributed by atoms with Gasteiger partial charge in [-0.2, -0.15) is 13.2 Å². The third-order valence-electron chi connectivity index (χ3n) is 2.17. The van der Waals surface area contributed by atoms with Crippen molar-refractivity contribution in [2.45, 2.75) is 6.18 Å². The summed E-state index contributed by atoms with van der Waals surface area (Å²) in [6.45, 7) is -1.50. The van der Waals surface area contributed by atoms with Gasteiger partial charge in [-0.1, -0.05) is 15.9 Å². The van der Waals surface area contributed by atoms with E-state index in [0.717, 1.165) is 12.1 Å². The van der Waals surface area contributed by atoms with Crippen molar-refractivity contribution in [3.05, 3.63) is 34.1 Å². The average Bonchev–Trinajstić information content (AvgIpc) is 2.29. The molecule has 0 bridgehead atoms. The van der Waals surface area contributed by atoms with Crippen molar-refractivity contribution in [3.63, 3.8) is 0 Å². The Kier molecular flexibility index (Phi) is 5.79. The lowest BCUT2D eigenvalue weighted by Gasteiger charge is -2.23. The molecule has 1 rings (SSSR count). The first kappa shape index (κ1) is 16.4. The van der Waals surface area contributed by atoms with Crippen molar-refractivity contribution in [2.24, 2.45) is 0 Å². The molecule has 8 heteroatoms. The van der Waals surface area contributed by atoms with Crippen LogP contribution in [0.5, 0.6) is 0 Å². The summed E-state index contributed by atoms with van der Waals surface area (Å²) < 4.78 is 50.5. The van der Waals surface area contributed by atoms with Gasteiger partial charge < -0.3 is 4.90 Å². The Morgan fingerprint density at radius 2 is 1.95 bits per heavy atom. The molecule has 0 fully saturated rings. The Labute approximate surface area is 124 Å². The van der Waals surface area contributed by atoms with Gasteiger partial charge in [-0.15, -0.1) is 0 Å². The van der Waals surface area contributed by atoms with Gasteiger partial charge in [-0.3, -0.25) is 4.79 Å². The van der Waals surface area contributed by atoms with Crippen molar-refractivity contribution in [1.82, 2.24) is 4.90 Å². The van der Waals surface area contributed by atoms with Gasteiger partial charge in [-0.25, -0.2) is 4.39 Å². The van der Waals surface area contributed by atoms with Gasteiger partial charge in [0.05, 0.1) is 5.56 Å². The highest BCUT2D eigenvalue weighted by atomic mass is 79.9. The fourth-order valence-corrected chi connectivity index (χ4v) is 2.25. The van der Waals surface area contributed by atoms with E-state index in [9.17, 15) is 22.4 Å². The molecule has 106 valence electrons. The van der Waals surface area contributed by atoms with Crippen LogP contribution in [0, 0.1) is 5.82 Å². The molecular formula is C11H9Br2F4NO. The van der Waals surface area contributed by atoms with E-state index in [1.54, 1.807) is 0 Å². The molecule has 0 unspecified atom stereocenters. The summed E-state index contributed by atoms with van der Waals surface area (Å²) in [4.78, 5) is 12.6. The molecule has 0 saturated carbocycles. The average molecular weight is 407 g/mol. The Hall–Kier alpha value is -0.630. The molecule has 0 heterocycles. The van der Waals surface area contributed by atoms with Gasteiger partial charge >= 0.3 is 6.18 Å². The van der Waals surface area contributed by atoms with Crippen molar-refractivity contribution in [1.29, 1.82) is 0 Å². The first-order chi connectivity index (χ1) is 8.74. The number of amides is 1. The highest BCUT2D eigenvalue weighted by Gasteiger charge is 2.33. The first-order valence-corrected chi connectivity index (χ1v) is 7.03. The van der Waals surface area contributed by atoms with Crippen LogP contribution in [-0.2, 0) is 0 Å². The summed E-state index contributed by atoms with van der Waals surface area (Å²) in [5.74, 6) is -1.56. The minimum absolute atomic E-state index is 0.124. The number of hydrogen-bond donors (Lipinski definition) is 0. The number of halogens is 6. The maximum atomic E-state index is 13.1. The van der Waals surface area contributed by atoms with Crippen LogP contribution in [0.15, 0.2) is 22.7 Å². The summed E-state index contributed by atoms with van der Waals surface area (Å²) in [6.07, 6.45) is -4.50. The van der Waals surface area contributed by atoms with Gasteiger partial charge in [0.15, 0.2) is 0 Å².